The summed E-state index contributed by atoms with van der Waals surface area (Å²) in [5.41, 5.74) is 1.28. The van der Waals surface area contributed by atoms with Crippen LogP contribution in [0.3, 0.4) is 0 Å². The Hall–Kier alpha value is -1.53. The van der Waals surface area contributed by atoms with E-state index < -0.39 is 5.97 Å². The summed E-state index contributed by atoms with van der Waals surface area (Å²) >= 11 is 3.31. The topological polar surface area (TPSA) is 26.3 Å². The first-order chi connectivity index (χ1) is 8.72. The van der Waals surface area contributed by atoms with Crippen molar-refractivity contribution in [2.45, 2.75) is 19.8 Å². The van der Waals surface area contributed by atoms with Crippen molar-refractivity contribution in [1.82, 2.24) is 0 Å². The number of allylic oxidation sites excluding steroid dienone is 2. The van der Waals surface area contributed by atoms with Crippen LogP contribution in [0, 0.1) is 11.8 Å². The molecule has 0 spiro atoms. The molecule has 0 aliphatic rings. The fraction of sp³-hybridized carbons (Fsp3) is 0.267. The molecule has 0 saturated heterocycles. The molecular formula is C15H15BrO2. The first kappa shape index (κ1) is 14.5. The summed E-state index contributed by atoms with van der Waals surface area (Å²) in [4.78, 5) is 11.0. The van der Waals surface area contributed by atoms with E-state index in [1.165, 1.54) is 5.56 Å². The van der Waals surface area contributed by atoms with Crippen LogP contribution in [-0.4, -0.2) is 12.6 Å². The van der Waals surface area contributed by atoms with E-state index in [9.17, 15) is 4.79 Å². The zero-order valence-corrected chi connectivity index (χ0v) is 11.9. The van der Waals surface area contributed by atoms with Crippen molar-refractivity contribution < 1.29 is 9.53 Å². The van der Waals surface area contributed by atoms with Gasteiger partial charge in [0.1, 0.15) is 0 Å². The SMILES string of the molecule is CCOC(=O)C#C/C(Br)=C/CCc1ccccc1. The molecule has 0 heterocycles. The molecule has 0 radical (unpaired) electrons. The van der Waals surface area contributed by atoms with Gasteiger partial charge in [0, 0.05) is 5.92 Å². The molecule has 1 rings (SSSR count). The summed E-state index contributed by atoms with van der Waals surface area (Å²) in [7, 11) is 0. The number of carbonyl (C=O) groups is 1. The monoisotopic (exact) mass is 306 g/mol. The van der Waals surface area contributed by atoms with Gasteiger partial charge in [0.05, 0.1) is 11.1 Å². The second-order valence-electron chi connectivity index (χ2n) is 3.55. The molecule has 0 bridgehead atoms. The average molecular weight is 307 g/mol. The van der Waals surface area contributed by atoms with Crippen LogP contribution in [0.2, 0.25) is 0 Å². The van der Waals surface area contributed by atoms with E-state index in [0.717, 1.165) is 12.8 Å². The lowest BCUT2D eigenvalue weighted by molar-refractivity contribution is -0.136. The van der Waals surface area contributed by atoms with Crippen LogP contribution in [0.4, 0.5) is 0 Å². The third-order valence-electron chi connectivity index (χ3n) is 2.16. The summed E-state index contributed by atoms with van der Waals surface area (Å²) in [6.07, 6.45) is 3.79. The number of rotatable bonds is 4. The Labute approximate surface area is 116 Å². The minimum atomic E-state index is -0.495. The third kappa shape index (κ3) is 6.27. The van der Waals surface area contributed by atoms with Crippen molar-refractivity contribution in [2.24, 2.45) is 0 Å². The molecule has 0 aliphatic heterocycles. The van der Waals surface area contributed by atoms with Crippen LogP contribution < -0.4 is 0 Å². The molecule has 2 nitrogen and oxygen atoms in total. The first-order valence-corrected chi connectivity index (χ1v) is 6.60. The fourth-order valence-electron chi connectivity index (χ4n) is 1.34. The summed E-state index contributed by atoms with van der Waals surface area (Å²) in [6, 6.07) is 10.2. The highest BCUT2D eigenvalue weighted by Crippen LogP contribution is 2.08. The van der Waals surface area contributed by atoms with Crippen LogP contribution >= 0.6 is 15.9 Å². The Morgan fingerprint density at radius 3 is 2.72 bits per heavy atom. The number of hydrogen-bond acceptors (Lipinski definition) is 2. The van der Waals surface area contributed by atoms with Crippen molar-refractivity contribution in [3.8, 4) is 11.8 Å². The van der Waals surface area contributed by atoms with Gasteiger partial charge >= 0.3 is 5.97 Å². The third-order valence-corrected chi connectivity index (χ3v) is 2.68. The number of hydrogen-bond donors (Lipinski definition) is 0. The number of carbonyl (C=O) groups excluding carboxylic acids is 1. The molecule has 1 aromatic carbocycles. The summed E-state index contributed by atoms with van der Waals surface area (Å²) < 4.78 is 5.42. The fourth-order valence-corrected chi connectivity index (χ4v) is 1.67. The molecule has 0 fully saturated rings. The second-order valence-corrected chi connectivity index (χ2v) is 4.40. The van der Waals surface area contributed by atoms with Crippen LogP contribution in [0.25, 0.3) is 0 Å². The van der Waals surface area contributed by atoms with Gasteiger partial charge in [-0.25, -0.2) is 4.79 Å². The van der Waals surface area contributed by atoms with E-state index in [1.54, 1.807) is 6.92 Å². The molecule has 18 heavy (non-hydrogen) atoms. The van der Waals surface area contributed by atoms with E-state index in [1.807, 2.05) is 24.3 Å². The minimum absolute atomic E-state index is 0.350. The predicted molar refractivity (Wildman–Crippen MR) is 76.2 cm³/mol. The highest BCUT2D eigenvalue weighted by atomic mass is 79.9. The number of ether oxygens (including phenoxy) is 1. The molecule has 0 saturated carbocycles. The molecule has 0 aromatic heterocycles. The number of esters is 1. The van der Waals surface area contributed by atoms with Gasteiger partial charge < -0.3 is 4.74 Å². The van der Waals surface area contributed by atoms with Gasteiger partial charge in [-0.3, -0.25) is 0 Å². The Balaban J connectivity index is 2.40. The van der Waals surface area contributed by atoms with Crippen molar-refractivity contribution >= 4 is 21.9 Å². The Morgan fingerprint density at radius 1 is 1.33 bits per heavy atom. The van der Waals surface area contributed by atoms with Crippen LogP contribution in [0.1, 0.15) is 18.9 Å². The molecular weight excluding hydrogens is 292 g/mol. The summed E-state index contributed by atoms with van der Waals surface area (Å²) in [5, 5.41) is 0. The molecule has 1 aromatic rings. The van der Waals surface area contributed by atoms with Crippen LogP contribution in [0.15, 0.2) is 40.9 Å². The minimum Gasteiger partial charge on any atom is -0.456 e. The average Bonchev–Trinajstić information content (AvgIpc) is 2.38. The van der Waals surface area contributed by atoms with E-state index in [-0.39, 0.29) is 0 Å². The maximum Gasteiger partial charge on any atom is 0.384 e. The van der Waals surface area contributed by atoms with Crippen molar-refractivity contribution in [1.29, 1.82) is 0 Å². The first-order valence-electron chi connectivity index (χ1n) is 5.80. The van der Waals surface area contributed by atoms with Crippen LogP contribution in [-0.2, 0) is 16.0 Å². The lowest BCUT2D eigenvalue weighted by Crippen LogP contribution is -1.99. The normalized spacial score (nSPS) is 10.4. The smallest absolute Gasteiger partial charge is 0.384 e. The quantitative estimate of drug-likeness (QED) is 0.484. The zero-order chi connectivity index (χ0) is 13.2. The molecule has 0 N–H and O–H groups in total. The van der Waals surface area contributed by atoms with Crippen molar-refractivity contribution in [3.05, 3.63) is 46.5 Å². The van der Waals surface area contributed by atoms with Crippen LogP contribution in [0.5, 0.6) is 0 Å². The largest absolute Gasteiger partial charge is 0.456 e. The molecule has 0 amide bonds. The Morgan fingerprint density at radius 2 is 2.06 bits per heavy atom. The Bertz CT molecular complexity index is 466. The van der Waals surface area contributed by atoms with E-state index in [0.29, 0.717) is 11.1 Å². The van der Waals surface area contributed by atoms with Gasteiger partial charge in [-0.1, -0.05) is 36.4 Å². The van der Waals surface area contributed by atoms with E-state index in [4.69, 9.17) is 4.74 Å². The van der Waals surface area contributed by atoms with E-state index >= 15 is 0 Å². The molecule has 3 heteroatoms. The van der Waals surface area contributed by atoms with E-state index in [2.05, 4.69) is 39.9 Å². The van der Waals surface area contributed by atoms with Gasteiger partial charge in [0.2, 0.25) is 0 Å². The van der Waals surface area contributed by atoms with Crippen molar-refractivity contribution in [3.63, 3.8) is 0 Å². The highest BCUT2D eigenvalue weighted by molar-refractivity contribution is 9.12. The Kier molecular flexibility index (Phi) is 6.90. The molecule has 0 unspecified atom stereocenters. The van der Waals surface area contributed by atoms with Gasteiger partial charge in [0.15, 0.2) is 0 Å². The maximum absolute atomic E-state index is 11.0. The second kappa shape index (κ2) is 8.54. The molecule has 0 atom stereocenters. The number of benzene rings is 1. The van der Waals surface area contributed by atoms with Gasteiger partial charge in [-0.05, 0) is 47.2 Å². The lowest BCUT2D eigenvalue weighted by atomic mass is 10.1. The number of halogens is 1. The standard InChI is InChI=1S/C15H15BrO2/c1-2-18-15(17)12-11-14(16)10-6-9-13-7-4-3-5-8-13/h3-5,7-8,10H,2,6,9H2,1H3/b14-10-. The highest BCUT2D eigenvalue weighted by Gasteiger charge is 1.93. The van der Waals surface area contributed by atoms with Gasteiger partial charge in [0.25, 0.3) is 0 Å². The van der Waals surface area contributed by atoms with Gasteiger partial charge in [-0.2, -0.15) is 0 Å². The maximum atomic E-state index is 11.0. The lowest BCUT2D eigenvalue weighted by Gasteiger charge is -1.96. The summed E-state index contributed by atoms with van der Waals surface area (Å²) in [5.74, 6) is 4.62. The summed E-state index contributed by atoms with van der Waals surface area (Å²) in [6.45, 7) is 2.10. The molecule has 94 valence electrons. The molecule has 0 aliphatic carbocycles. The van der Waals surface area contributed by atoms with Gasteiger partial charge in [-0.15, -0.1) is 0 Å². The zero-order valence-electron chi connectivity index (χ0n) is 10.3. The predicted octanol–water partition coefficient (Wildman–Crippen LogP) is 3.46. The number of aryl methyl sites for hydroxylation is 1. The van der Waals surface area contributed by atoms with Crippen molar-refractivity contribution in [2.75, 3.05) is 6.61 Å².